The van der Waals surface area contributed by atoms with Crippen LogP contribution in [0.5, 0.6) is 5.88 Å². The van der Waals surface area contributed by atoms with Gasteiger partial charge in [0.15, 0.2) is 0 Å². The van der Waals surface area contributed by atoms with Crippen molar-refractivity contribution in [3.05, 3.63) is 6.07 Å². The molecule has 1 rings (SSSR count). The lowest BCUT2D eigenvalue weighted by molar-refractivity contribution is 0.395. The van der Waals surface area contributed by atoms with E-state index < -0.39 is 0 Å². The van der Waals surface area contributed by atoms with E-state index in [0.717, 1.165) is 25.5 Å². The summed E-state index contributed by atoms with van der Waals surface area (Å²) in [4.78, 5) is 12.7. The summed E-state index contributed by atoms with van der Waals surface area (Å²) in [6, 6.07) is 1.83. The van der Waals surface area contributed by atoms with Crippen molar-refractivity contribution in [3.63, 3.8) is 0 Å². The van der Waals surface area contributed by atoms with Gasteiger partial charge in [-0.25, -0.2) is 0 Å². The Morgan fingerprint density at radius 3 is 2.47 bits per heavy atom. The highest BCUT2D eigenvalue weighted by molar-refractivity contribution is 5.45. The van der Waals surface area contributed by atoms with E-state index in [2.05, 4.69) is 47.7 Å². The summed E-state index contributed by atoms with van der Waals surface area (Å²) in [6.07, 6.45) is 0. The van der Waals surface area contributed by atoms with Crippen molar-refractivity contribution in [1.82, 2.24) is 14.9 Å². The van der Waals surface area contributed by atoms with Crippen molar-refractivity contribution in [3.8, 4) is 5.88 Å². The van der Waals surface area contributed by atoms with Gasteiger partial charge in [0, 0.05) is 25.7 Å². The molecule has 0 aliphatic carbocycles. The van der Waals surface area contributed by atoms with E-state index in [1.54, 1.807) is 7.11 Å². The lowest BCUT2D eigenvalue weighted by Crippen LogP contribution is -2.35. The van der Waals surface area contributed by atoms with Crippen molar-refractivity contribution >= 4 is 11.8 Å². The van der Waals surface area contributed by atoms with Crippen LogP contribution < -0.4 is 15.4 Å². The second kappa shape index (κ2) is 7.13. The Morgan fingerprint density at radius 1 is 1.26 bits per heavy atom. The van der Waals surface area contributed by atoms with Gasteiger partial charge in [0.1, 0.15) is 5.82 Å². The number of aromatic nitrogens is 2. The quantitative estimate of drug-likeness (QED) is 0.797. The van der Waals surface area contributed by atoms with Crippen molar-refractivity contribution < 1.29 is 4.74 Å². The lowest BCUT2D eigenvalue weighted by Gasteiger charge is -2.27. The van der Waals surface area contributed by atoms with Gasteiger partial charge in [-0.05, 0) is 20.0 Å². The topological polar surface area (TPSA) is 67.5 Å². The molecule has 0 saturated heterocycles. The van der Waals surface area contributed by atoms with Gasteiger partial charge in [-0.15, -0.1) is 0 Å². The Hall–Kier alpha value is -1.56. The van der Waals surface area contributed by atoms with Crippen LogP contribution in [-0.4, -0.2) is 55.7 Å². The third-order valence-electron chi connectivity index (χ3n) is 2.64. The maximum absolute atomic E-state index is 5.72. The summed E-state index contributed by atoms with van der Waals surface area (Å²) in [5.41, 5.74) is 5.72. The second-order valence-electron chi connectivity index (χ2n) is 5.27. The monoisotopic (exact) mass is 267 g/mol. The zero-order valence-corrected chi connectivity index (χ0v) is 12.6. The lowest BCUT2D eigenvalue weighted by atomic mass is 10.2. The Balaban J connectivity index is 2.91. The first kappa shape index (κ1) is 15.5. The second-order valence-corrected chi connectivity index (χ2v) is 5.27. The van der Waals surface area contributed by atoms with Gasteiger partial charge in [0.25, 0.3) is 0 Å². The van der Waals surface area contributed by atoms with Crippen LogP contribution in [0.3, 0.4) is 0 Å². The molecule has 1 heterocycles. The van der Waals surface area contributed by atoms with Crippen LogP contribution >= 0.6 is 0 Å². The van der Waals surface area contributed by atoms with Crippen LogP contribution in [0, 0.1) is 5.92 Å². The van der Waals surface area contributed by atoms with Gasteiger partial charge in [-0.2, -0.15) is 9.97 Å². The molecule has 0 spiro atoms. The number of nitrogens with zero attached hydrogens (tertiary/aromatic N) is 4. The highest BCUT2D eigenvalue weighted by Gasteiger charge is 2.13. The van der Waals surface area contributed by atoms with Crippen molar-refractivity contribution in [2.45, 2.75) is 13.8 Å². The van der Waals surface area contributed by atoms with Gasteiger partial charge >= 0.3 is 0 Å². The SMILES string of the molecule is COc1cc(N(CCN(C)C)CC(C)C)nc(N)n1. The predicted octanol–water partition coefficient (Wildman–Crippen LogP) is 1.09. The summed E-state index contributed by atoms with van der Waals surface area (Å²) in [5, 5.41) is 0. The third-order valence-corrected chi connectivity index (χ3v) is 2.64. The van der Waals surface area contributed by atoms with Gasteiger partial charge in [0.05, 0.1) is 7.11 Å². The molecule has 6 nitrogen and oxygen atoms in total. The zero-order valence-electron chi connectivity index (χ0n) is 12.6. The summed E-state index contributed by atoms with van der Waals surface area (Å²) in [7, 11) is 5.70. The van der Waals surface area contributed by atoms with Crippen LogP contribution in [0.2, 0.25) is 0 Å². The van der Waals surface area contributed by atoms with E-state index in [1.165, 1.54) is 0 Å². The molecule has 0 radical (unpaired) electrons. The average molecular weight is 267 g/mol. The number of hydrogen-bond acceptors (Lipinski definition) is 6. The first-order valence-electron chi connectivity index (χ1n) is 6.50. The minimum absolute atomic E-state index is 0.243. The molecule has 0 amide bonds. The van der Waals surface area contributed by atoms with Crippen molar-refractivity contribution in [1.29, 1.82) is 0 Å². The fourth-order valence-corrected chi connectivity index (χ4v) is 1.76. The van der Waals surface area contributed by atoms with E-state index in [-0.39, 0.29) is 5.95 Å². The first-order valence-corrected chi connectivity index (χ1v) is 6.50. The molecule has 0 saturated carbocycles. The Bertz CT molecular complexity index is 395. The maximum atomic E-state index is 5.72. The number of hydrogen-bond donors (Lipinski definition) is 1. The normalized spacial score (nSPS) is 11.1. The first-order chi connectivity index (χ1) is 8.92. The van der Waals surface area contributed by atoms with E-state index in [9.17, 15) is 0 Å². The standard InChI is InChI=1S/C13H25N5O/c1-10(2)9-18(7-6-17(3)4)11-8-12(19-5)16-13(14)15-11/h8,10H,6-7,9H2,1-5H3,(H2,14,15,16). The third kappa shape index (κ3) is 5.30. The van der Waals surface area contributed by atoms with Crippen LogP contribution in [0.1, 0.15) is 13.8 Å². The summed E-state index contributed by atoms with van der Waals surface area (Å²) in [6.45, 7) is 7.14. The molecule has 0 fully saturated rings. The number of anilines is 2. The molecular weight excluding hydrogens is 242 g/mol. The number of rotatable bonds is 7. The average Bonchev–Trinajstić information content (AvgIpc) is 2.32. The Kier molecular flexibility index (Phi) is 5.82. The summed E-state index contributed by atoms with van der Waals surface area (Å²) < 4.78 is 5.15. The van der Waals surface area contributed by atoms with Gasteiger partial charge in [-0.1, -0.05) is 13.8 Å². The number of nitrogens with two attached hydrogens (primary N) is 1. The van der Waals surface area contributed by atoms with E-state index >= 15 is 0 Å². The minimum atomic E-state index is 0.243. The molecule has 108 valence electrons. The molecule has 0 bridgehead atoms. The molecule has 0 unspecified atom stereocenters. The fraction of sp³-hybridized carbons (Fsp3) is 0.692. The van der Waals surface area contributed by atoms with E-state index in [1.807, 2.05) is 6.07 Å². The number of ether oxygens (including phenoxy) is 1. The van der Waals surface area contributed by atoms with Crippen LogP contribution in [0.25, 0.3) is 0 Å². The molecule has 6 heteroatoms. The largest absolute Gasteiger partial charge is 0.481 e. The molecule has 2 N–H and O–H groups in total. The van der Waals surface area contributed by atoms with Gasteiger partial charge < -0.3 is 20.3 Å². The fourth-order valence-electron chi connectivity index (χ4n) is 1.76. The zero-order chi connectivity index (χ0) is 14.4. The molecule has 19 heavy (non-hydrogen) atoms. The Labute approximate surface area is 115 Å². The minimum Gasteiger partial charge on any atom is -0.481 e. The van der Waals surface area contributed by atoms with Crippen LogP contribution in [0.15, 0.2) is 6.07 Å². The van der Waals surface area contributed by atoms with Gasteiger partial charge in [0.2, 0.25) is 11.8 Å². The van der Waals surface area contributed by atoms with E-state index in [0.29, 0.717) is 11.8 Å². The number of nitrogen functional groups attached to an aromatic ring is 1. The highest BCUT2D eigenvalue weighted by atomic mass is 16.5. The van der Waals surface area contributed by atoms with Crippen molar-refractivity contribution in [2.24, 2.45) is 5.92 Å². The Morgan fingerprint density at radius 2 is 1.95 bits per heavy atom. The molecule has 1 aromatic heterocycles. The molecule has 1 aromatic rings. The van der Waals surface area contributed by atoms with E-state index in [4.69, 9.17) is 10.5 Å². The molecule has 0 atom stereocenters. The van der Waals surface area contributed by atoms with Crippen LogP contribution in [0.4, 0.5) is 11.8 Å². The smallest absolute Gasteiger partial charge is 0.225 e. The van der Waals surface area contributed by atoms with Gasteiger partial charge in [-0.3, -0.25) is 0 Å². The molecule has 0 aromatic carbocycles. The predicted molar refractivity (Wildman–Crippen MR) is 78.6 cm³/mol. The number of likely N-dealkylation sites (N-methyl/N-ethyl adjacent to an activating group) is 1. The molecule has 0 aliphatic rings. The molecule has 0 aliphatic heterocycles. The summed E-state index contributed by atoms with van der Waals surface area (Å²) in [5.74, 6) is 2.11. The molecular formula is C13H25N5O. The summed E-state index contributed by atoms with van der Waals surface area (Å²) >= 11 is 0. The highest BCUT2D eigenvalue weighted by Crippen LogP contribution is 2.19. The van der Waals surface area contributed by atoms with Crippen molar-refractivity contribution in [2.75, 3.05) is 51.5 Å². The maximum Gasteiger partial charge on any atom is 0.225 e. The number of methoxy groups -OCH3 is 1. The van der Waals surface area contributed by atoms with Crippen LogP contribution in [-0.2, 0) is 0 Å².